The first-order chi connectivity index (χ1) is 13.9. The zero-order valence-electron chi connectivity index (χ0n) is 16.6. The van der Waals surface area contributed by atoms with Crippen molar-refractivity contribution >= 4 is 11.8 Å². The standard InChI is InChI=1S/C14H14N4O2.C8H9F/c1-15-13(19)11-7-12(18-9-17-11)14(20)16-8-10-5-3-2-4-6-10;1-6-3-4-8(9)7(2)5-6/h2-7,9H,8H2,1H3,(H,15,19)(H,16,20);3-5H,1-2H3. The summed E-state index contributed by atoms with van der Waals surface area (Å²) in [6.07, 6.45) is 1.20. The van der Waals surface area contributed by atoms with E-state index >= 15 is 0 Å². The lowest BCUT2D eigenvalue weighted by Gasteiger charge is -2.05. The normalized spacial score (nSPS) is 9.79. The fourth-order valence-corrected chi connectivity index (χ4v) is 2.40. The van der Waals surface area contributed by atoms with Gasteiger partial charge in [0, 0.05) is 19.7 Å². The lowest BCUT2D eigenvalue weighted by molar-refractivity contribution is 0.0945. The fourth-order valence-electron chi connectivity index (χ4n) is 2.40. The maximum atomic E-state index is 12.5. The Morgan fingerprint density at radius 2 is 1.59 bits per heavy atom. The Hall–Kier alpha value is -3.61. The van der Waals surface area contributed by atoms with Crippen molar-refractivity contribution < 1.29 is 14.0 Å². The molecule has 1 aromatic heterocycles. The first-order valence-corrected chi connectivity index (χ1v) is 8.99. The van der Waals surface area contributed by atoms with Crippen molar-refractivity contribution in [3.63, 3.8) is 0 Å². The van der Waals surface area contributed by atoms with Gasteiger partial charge in [-0.05, 0) is 31.0 Å². The van der Waals surface area contributed by atoms with Gasteiger partial charge in [-0.3, -0.25) is 9.59 Å². The summed E-state index contributed by atoms with van der Waals surface area (Å²) in [4.78, 5) is 31.1. The summed E-state index contributed by atoms with van der Waals surface area (Å²) >= 11 is 0. The van der Waals surface area contributed by atoms with Crippen molar-refractivity contribution in [3.8, 4) is 0 Å². The summed E-state index contributed by atoms with van der Waals surface area (Å²) in [5.41, 5.74) is 3.13. The Bertz CT molecular complexity index is 978. The predicted molar refractivity (Wildman–Crippen MR) is 109 cm³/mol. The van der Waals surface area contributed by atoms with Gasteiger partial charge in [0.15, 0.2) is 0 Å². The van der Waals surface area contributed by atoms with E-state index in [4.69, 9.17) is 0 Å². The molecule has 0 aliphatic heterocycles. The molecule has 0 bridgehead atoms. The average Bonchev–Trinajstić information content (AvgIpc) is 2.75. The number of carbonyl (C=O) groups is 2. The molecule has 2 amide bonds. The van der Waals surface area contributed by atoms with E-state index in [0.29, 0.717) is 6.54 Å². The van der Waals surface area contributed by atoms with Crippen LogP contribution in [0.5, 0.6) is 0 Å². The maximum Gasteiger partial charge on any atom is 0.270 e. The minimum Gasteiger partial charge on any atom is -0.354 e. The van der Waals surface area contributed by atoms with Gasteiger partial charge in [0.2, 0.25) is 0 Å². The summed E-state index contributed by atoms with van der Waals surface area (Å²) in [6, 6.07) is 16.0. The van der Waals surface area contributed by atoms with Crippen LogP contribution in [-0.2, 0) is 6.54 Å². The molecule has 0 fully saturated rings. The first-order valence-electron chi connectivity index (χ1n) is 8.99. The highest BCUT2D eigenvalue weighted by Crippen LogP contribution is 2.07. The highest BCUT2D eigenvalue weighted by molar-refractivity contribution is 5.97. The van der Waals surface area contributed by atoms with Gasteiger partial charge in [-0.2, -0.15) is 0 Å². The van der Waals surface area contributed by atoms with Crippen LogP contribution in [0.4, 0.5) is 4.39 Å². The fraction of sp³-hybridized carbons (Fsp3) is 0.182. The van der Waals surface area contributed by atoms with E-state index in [1.165, 1.54) is 25.5 Å². The molecule has 0 unspecified atom stereocenters. The lowest BCUT2D eigenvalue weighted by Crippen LogP contribution is -2.25. The number of carbonyl (C=O) groups excluding carboxylic acids is 2. The van der Waals surface area contributed by atoms with E-state index < -0.39 is 0 Å². The lowest BCUT2D eigenvalue weighted by atomic mass is 10.1. The van der Waals surface area contributed by atoms with Crippen LogP contribution in [0.15, 0.2) is 60.9 Å². The molecular weight excluding hydrogens is 371 g/mol. The monoisotopic (exact) mass is 394 g/mol. The molecule has 0 aliphatic rings. The van der Waals surface area contributed by atoms with E-state index in [0.717, 1.165) is 16.7 Å². The van der Waals surface area contributed by atoms with Crippen molar-refractivity contribution in [2.24, 2.45) is 0 Å². The van der Waals surface area contributed by atoms with Crippen LogP contribution in [0.3, 0.4) is 0 Å². The summed E-state index contributed by atoms with van der Waals surface area (Å²) < 4.78 is 12.5. The molecule has 29 heavy (non-hydrogen) atoms. The van der Waals surface area contributed by atoms with E-state index in [9.17, 15) is 14.0 Å². The summed E-state index contributed by atoms with van der Waals surface area (Å²) in [6.45, 7) is 4.12. The van der Waals surface area contributed by atoms with E-state index in [1.54, 1.807) is 13.0 Å². The molecular formula is C22H23FN4O2. The molecule has 3 rings (SSSR count). The van der Waals surface area contributed by atoms with Gasteiger partial charge >= 0.3 is 0 Å². The number of amides is 2. The van der Waals surface area contributed by atoms with Crippen LogP contribution < -0.4 is 10.6 Å². The molecule has 150 valence electrons. The second kappa shape index (κ2) is 10.7. The predicted octanol–water partition coefficient (Wildman–Crippen LogP) is 3.21. The number of benzene rings is 2. The van der Waals surface area contributed by atoms with Gasteiger partial charge in [-0.25, -0.2) is 14.4 Å². The van der Waals surface area contributed by atoms with E-state index in [-0.39, 0.29) is 29.0 Å². The van der Waals surface area contributed by atoms with Gasteiger partial charge in [-0.1, -0.05) is 48.0 Å². The zero-order chi connectivity index (χ0) is 21.2. The Morgan fingerprint density at radius 3 is 2.17 bits per heavy atom. The molecule has 3 aromatic rings. The Kier molecular flexibility index (Phi) is 7.97. The largest absolute Gasteiger partial charge is 0.354 e. The van der Waals surface area contributed by atoms with Crippen LogP contribution in [0.2, 0.25) is 0 Å². The van der Waals surface area contributed by atoms with Gasteiger partial charge in [-0.15, -0.1) is 0 Å². The second-order valence-electron chi connectivity index (χ2n) is 6.29. The quantitative estimate of drug-likeness (QED) is 0.712. The molecule has 2 N–H and O–H groups in total. The first kappa shape index (κ1) is 21.7. The topological polar surface area (TPSA) is 84.0 Å². The summed E-state index contributed by atoms with van der Waals surface area (Å²) in [7, 11) is 1.50. The van der Waals surface area contributed by atoms with E-state index in [1.807, 2.05) is 43.3 Å². The number of hydrogen-bond acceptors (Lipinski definition) is 4. The van der Waals surface area contributed by atoms with Crippen LogP contribution >= 0.6 is 0 Å². The third-order valence-corrected chi connectivity index (χ3v) is 3.97. The minimum atomic E-state index is -0.357. The van der Waals surface area contributed by atoms with Crippen molar-refractivity contribution in [3.05, 3.63) is 94.8 Å². The van der Waals surface area contributed by atoms with Crippen molar-refractivity contribution in [1.29, 1.82) is 0 Å². The minimum absolute atomic E-state index is 0.124. The number of halogens is 1. The molecule has 0 atom stereocenters. The number of aromatic nitrogens is 2. The highest BCUT2D eigenvalue weighted by Gasteiger charge is 2.11. The average molecular weight is 394 g/mol. The molecule has 0 spiro atoms. The summed E-state index contributed by atoms with van der Waals surface area (Å²) in [5.74, 6) is -0.827. The molecule has 0 aliphatic carbocycles. The van der Waals surface area contributed by atoms with Crippen LogP contribution in [0, 0.1) is 19.7 Å². The molecule has 2 aromatic carbocycles. The number of aryl methyl sites for hydroxylation is 2. The summed E-state index contributed by atoms with van der Waals surface area (Å²) in [5, 5.41) is 5.18. The molecule has 7 heteroatoms. The third kappa shape index (κ3) is 6.80. The number of rotatable bonds is 4. The van der Waals surface area contributed by atoms with Crippen molar-refractivity contribution in [2.45, 2.75) is 20.4 Å². The van der Waals surface area contributed by atoms with Gasteiger partial charge in [0.25, 0.3) is 11.8 Å². The molecule has 6 nitrogen and oxygen atoms in total. The van der Waals surface area contributed by atoms with Crippen LogP contribution in [-0.4, -0.2) is 28.8 Å². The van der Waals surface area contributed by atoms with Gasteiger partial charge < -0.3 is 10.6 Å². The van der Waals surface area contributed by atoms with Crippen LogP contribution in [0.1, 0.15) is 37.7 Å². The van der Waals surface area contributed by atoms with Crippen molar-refractivity contribution in [2.75, 3.05) is 7.05 Å². The number of hydrogen-bond donors (Lipinski definition) is 2. The molecule has 1 heterocycles. The Balaban J connectivity index is 0.000000278. The smallest absolute Gasteiger partial charge is 0.270 e. The van der Waals surface area contributed by atoms with Gasteiger partial charge in [0.05, 0.1) is 0 Å². The van der Waals surface area contributed by atoms with Gasteiger partial charge in [0.1, 0.15) is 23.5 Å². The second-order valence-corrected chi connectivity index (χ2v) is 6.29. The SMILES string of the molecule is CNC(=O)c1cc(C(=O)NCc2ccccc2)ncn1.Cc1ccc(F)c(C)c1. The Morgan fingerprint density at radius 1 is 0.931 bits per heavy atom. The van der Waals surface area contributed by atoms with Crippen LogP contribution in [0.25, 0.3) is 0 Å². The van der Waals surface area contributed by atoms with E-state index in [2.05, 4.69) is 20.6 Å². The molecule has 0 saturated carbocycles. The highest BCUT2D eigenvalue weighted by atomic mass is 19.1. The molecule has 0 saturated heterocycles. The third-order valence-electron chi connectivity index (χ3n) is 3.97. The number of nitrogens with one attached hydrogen (secondary N) is 2. The number of nitrogens with zero attached hydrogens (tertiary/aromatic N) is 2. The zero-order valence-corrected chi connectivity index (χ0v) is 16.6. The Labute approximate surface area is 169 Å². The van der Waals surface area contributed by atoms with Crippen molar-refractivity contribution in [1.82, 2.24) is 20.6 Å². The molecule has 0 radical (unpaired) electrons. The maximum absolute atomic E-state index is 12.5.